The second-order valence-corrected chi connectivity index (χ2v) is 6.08. The smallest absolute Gasteiger partial charge is 0.228 e. The lowest BCUT2D eigenvalue weighted by Crippen LogP contribution is -2.34. The number of carbonyl (C=O) groups is 2. The predicted molar refractivity (Wildman–Crippen MR) is 85.1 cm³/mol. The number of furan rings is 1. The molecule has 1 fully saturated rings. The van der Waals surface area contributed by atoms with E-state index in [0.29, 0.717) is 25.4 Å². The normalized spacial score (nSPS) is 17.3. The first kappa shape index (κ1) is 16.2. The third-order valence-corrected chi connectivity index (χ3v) is 4.18. The van der Waals surface area contributed by atoms with Crippen LogP contribution >= 0.6 is 0 Å². The van der Waals surface area contributed by atoms with Crippen molar-refractivity contribution in [2.24, 2.45) is 5.92 Å². The minimum atomic E-state index is -0.369. The van der Waals surface area contributed by atoms with Crippen molar-refractivity contribution in [2.45, 2.75) is 19.5 Å². The molecule has 3 rings (SSSR count). The largest absolute Gasteiger partial charge is 0.467 e. The summed E-state index contributed by atoms with van der Waals surface area (Å²) in [5, 5.41) is 0. The van der Waals surface area contributed by atoms with Crippen LogP contribution in [0, 0.1) is 11.7 Å². The molecule has 2 amide bonds. The van der Waals surface area contributed by atoms with Crippen LogP contribution in [0.15, 0.2) is 47.1 Å². The highest BCUT2D eigenvalue weighted by Gasteiger charge is 2.35. The van der Waals surface area contributed by atoms with Crippen LogP contribution in [0.5, 0.6) is 0 Å². The van der Waals surface area contributed by atoms with Crippen LogP contribution < -0.4 is 0 Å². The summed E-state index contributed by atoms with van der Waals surface area (Å²) in [5.41, 5.74) is 0.725. The monoisotopic (exact) mass is 330 g/mol. The predicted octanol–water partition coefficient (Wildman–Crippen LogP) is 2.43. The number of amides is 2. The maximum absolute atomic E-state index is 13.2. The molecule has 2 heterocycles. The van der Waals surface area contributed by atoms with Gasteiger partial charge in [0.1, 0.15) is 11.6 Å². The molecule has 0 bridgehead atoms. The molecule has 5 nitrogen and oxygen atoms in total. The van der Waals surface area contributed by atoms with Crippen molar-refractivity contribution in [3.05, 3.63) is 59.8 Å². The number of rotatable bonds is 5. The summed E-state index contributed by atoms with van der Waals surface area (Å²) in [6, 6.07) is 9.74. The van der Waals surface area contributed by atoms with Crippen molar-refractivity contribution in [1.82, 2.24) is 9.80 Å². The molecule has 24 heavy (non-hydrogen) atoms. The van der Waals surface area contributed by atoms with Gasteiger partial charge < -0.3 is 14.2 Å². The minimum absolute atomic E-state index is 0.0519. The Labute approximate surface area is 139 Å². The van der Waals surface area contributed by atoms with Gasteiger partial charge >= 0.3 is 0 Å². The Morgan fingerprint density at radius 2 is 2.21 bits per heavy atom. The van der Waals surface area contributed by atoms with Crippen LogP contribution in [0.25, 0.3) is 0 Å². The summed E-state index contributed by atoms with van der Waals surface area (Å²) in [5.74, 6) is -0.150. The van der Waals surface area contributed by atoms with Gasteiger partial charge in [0.15, 0.2) is 0 Å². The zero-order chi connectivity index (χ0) is 17.1. The van der Waals surface area contributed by atoms with Gasteiger partial charge in [0.2, 0.25) is 11.8 Å². The summed E-state index contributed by atoms with van der Waals surface area (Å²) in [7, 11) is 1.67. The van der Waals surface area contributed by atoms with E-state index < -0.39 is 0 Å². The average molecular weight is 330 g/mol. The summed E-state index contributed by atoms with van der Waals surface area (Å²) < 4.78 is 18.5. The Morgan fingerprint density at radius 1 is 1.38 bits per heavy atom. The molecule has 0 N–H and O–H groups in total. The SMILES string of the molecule is CN(Cc1cccc(F)c1)C(=O)[C@@H]1CC(=O)N(Cc2ccco2)C1. The van der Waals surface area contributed by atoms with Gasteiger partial charge in [-0.05, 0) is 29.8 Å². The topological polar surface area (TPSA) is 53.8 Å². The zero-order valence-electron chi connectivity index (χ0n) is 13.4. The molecule has 2 aromatic rings. The fourth-order valence-corrected chi connectivity index (χ4v) is 2.98. The van der Waals surface area contributed by atoms with Crippen molar-refractivity contribution < 1.29 is 18.4 Å². The van der Waals surface area contributed by atoms with E-state index in [1.807, 2.05) is 0 Å². The van der Waals surface area contributed by atoms with Crippen LogP contribution in [0.2, 0.25) is 0 Å². The fraction of sp³-hybridized carbons (Fsp3) is 0.333. The van der Waals surface area contributed by atoms with Crippen LogP contribution in [0.4, 0.5) is 4.39 Å². The molecule has 0 unspecified atom stereocenters. The zero-order valence-corrected chi connectivity index (χ0v) is 13.4. The molecular formula is C18H19FN2O3. The highest BCUT2D eigenvalue weighted by atomic mass is 19.1. The number of halogens is 1. The van der Waals surface area contributed by atoms with E-state index in [4.69, 9.17) is 4.42 Å². The molecule has 1 aromatic carbocycles. The first-order chi connectivity index (χ1) is 11.5. The molecule has 1 aromatic heterocycles. The first-order valence-corrected chi connectivity index (χ1v) is 7.82. The summed E-state index contributed by atoms with van der Waals surface area (Å²) >= 11 is 0. The van der Waals surface area contributed by atoms with Crippen LogP contribution in [-0.4, -0.2) is 35.2 Å². The highest BCUT2D eigenvalue weighted by molar-refractivity contribution is 5.89. The van der Waals surface area contributed by atoms with Gasteiger partial charge in [-0.1, -0.05) is 12.1 Å². The van der Waals surface area contributed by atoms with Gasteiger partial charge in [0.25, 0.3) is 0 Å². The van der Waals surface area contributed by atoms with Gasteiger partial charge in [0.05, 0.1) is 18.7 Å². The second-order valence-electron chi connectivity index (χ2n) is 6.08. The molecule has 126 valence electrons. The van der Waals surface area contributed by atoms with Gasteiger partial charge in [-0.2, -0.15) is 0 Å². The van der Waals surface area contributed by atoms with Crippen molar-refractivity contribution >= 4 is 11.8 Å². The molecule has 1 aliphatic rings. The minimum Gasteiger partial charge on any atom is -0.467 e. The van der Waals surface area contributed by atoms with Gasteiger partial charge in [-0.25, -0.2) is 4.39 Å². The number of hydrogen-bond donors (Lipinski definition) is 0. The molecule has 0 radical (unpaired) electrons. The van der Waals surface area contributed by atoms with Gasteiger partial charge in [0, 0.05) is 26.6 Å². The molecular weight excluding hydrogens is 311 g/mol. The van der Waals surface area contributed by atoms with Crippen LogP contribution in [0.1, 0.15) is 17.7 Å². The van der Waals surface area contributed by atoms with E-state index in [1.54, 1.807) is 47.4 Å². The molecule has 1 aliphatic heterocycles. The van der Waals surface area contributed by atoms with E-state index in [0.717, 1.165) is 5.56 Å². The first-order valence-electron chi connectivity index (χ1n) is 7.82. The number of likely N-dealkylation sites (tertiary alicyclic amines) is 1. The Hall–Kier alpha value is -2.63. The average Bonchev–Trinajstić information content (AvgIpc) is 3.17. The Kier molecular flexibility index (Phi) is 4.64. The standard InChI is InChI=1S/C18H19FN2O3/c1-20(10-13-4-2-5-15(19)8-13)18(23)14-9-17(22)21(11-14)12-16-6-3-7-24-16/h2-8,14H,9-12H2,1H3/t14-/m1/s1. The third kappa shape index (κ3) is 3.64. The molecule has 1 atom stereocenters. The number of nitrogens with zero attached hydrogens (tertiary/aromatic N) is 2. The van der Waals surface area contributed by atoms with Crippen molar-refractivity contribution in [2.75, 3.05) is 13.6 Å². The van der Waals surface area contributed by atoms with E-state index in [2.05, 4.69) is 0 Å². The maximum atomic E-state index is 13.2. The van der Waals surface area contributed by atoms with Crippen LogP contribution in [-0.2, 0) is 22.7 Å². The Bertz CT molecular complexity index is 730. The van der Waals surface area contributed by atoms with E-state index in [-0.39, 0.29) is 30.0 Å². The Morgan fingerprint density at radius 3 is 2.92 bits per heavy atom. The maximum Gasteiger partial charge on any atom is 0.228 e. The number of carbonyl (C=O) groups excluding carboxylic acids is 2. The molecule has 0 saturated carbocycles. The van der Waals surface area contributed by atoms with E-state index in [1.165, 1.54) is 12.1 Å². The van der Waals surface area contributed by atoms with Gasteiger partial charge in [-0.15, -0.1) is 0 Å². The van der Waals surface area contributed by atoms with Crippen molar-refractivity contribution in [1.29, 1.82) is 0 Å². The number of hydrogen-bond acceptors (Lipinski definition) is 3. The Balaban J connectivity index is 1.59. The molecule has 0 aliphatic carbocycles. The fourth-order valence-electron chi connectivity index (χ4n) is 2.98. The molecule has 0 spiro atoms. The second kappa shape index (κ2) is 6.86. The summed E-state index contributed by atoms with van der Waals surface area (Å²) in [6.07, 6.45) is 1.76. The third-order valence-electron chi connectivity index (χ3n) is 4.18. The van der Waals surface area contributed by atoms with Crippen molar-refractivity contribution in [3.8, 4) is 0 Å². The molecule has 1 saturated heterocycles. The summed E-state index contributed by atoms with van der Waals surface area (Å²) in [4.78, 5) is 27.8. The quantitative estimate of drug-likeness (QED) is 0.846. The van der Waals surface area contributed by atoms with E-state index >= 15 is 0 Å². The summed E-state index contributed by atoms with van der Waals surface area (Å²) in [6.45, 7) is 1.08. The lowest BCUT2D eigenvalue weighted by molar-refractivity contribution is -0.135. The number of benzene rings is 1. The lowest BCUT2D eigenvalue weighted by atomic mass is 10.1. The van der Waals surface area contributed by atoms with E-state index in [9.17, 15) is 14.0 Å². The lowest BCUT2D eigenvalue weighted by Gasteiger charge is -2.21. The molecule has 6 heteroatoms. The van der Waals surface area contributed by atoms with Crippen LogP contribution in [0.3, 0.4) is 0 Å². The highest BCUT2D eigenvalue weighted by Crippen LogP contribution is 2.22. The van der Waals surface area contributed by atoms with Crippen molar-refractivity contribution in [3.63, 3.8) is 0 Å². The van der Waals surface area contributed by atoms with Gasteiger partial charge in [-0.3, -0.25) is 9.59 Å².